The van der Waals surface area contributed by atoms with E-state index in [0.717, 1.165) is 31.6 Å². The van der Waals surface area contributed by atoms with Crippen molar-refractivity contribution in [2.45, 2.75) is 24.7 Å². The van der Waals surface area contributed by atoms with Crippen LogP contribution >= 0.6 is 0 Å². The summed E-state index contributed by atoms with van der Waals surface area (Å²) in [7, 11) is 0. The predicted octanol–water partition coefficient (Wildman–Crippen LogP) is 1.27. The first-order valence-electron chi connectivity index (χ1n) is 7.80. The third-order valence-corrected chi connectivity index (χ3v) is 4.99. The van der Waals surface area contributed by atoms with Gasteiger partial charge in [-0.3, -0.25) is 9.69 Å². The molecule has 1 amide bonds. The van der Waals surface area contributed by atoms with Gasteiger partial charge >= 0.3 is 0 Å². The van der Waals surface area contributed by atoms with Crippen molar-refractivity contribution in [3.63, 3.8) is 0 Å². The molecule has 1 aromatic carbocycles. The van der Waals surface area contributed by atoms with Crippen molar-refractivity contribution in [3.05, 3.63) is 29.8 Å². The van der Waals surface area contributed by atoms with Gasteiger partial charge in [0.15, 0.2) is 0 Å². The number of nitrogens with zero attached hydrogens (tertiary/aromatic N) is 3. The maximum atomic E-state index is 12.6. The van der Waals surface area contributed by atoms with Crippen LogP contribution in [-0.4, -0.2) is 48.7 Å². The van der Waals surface area contributed by atoms with Crippen molar-refractivity contribution < 1.29 is 9.90 Å². The first-order chi connectivity index (χ1) is 10.7. The van der Waals surface area contributed by atoms with Crippen LogP contribution in [-0.2, 0) is 10.2 Å². The topological polar surface area (TPSA) is 67.6 Å². The van der Waals surface area contributed by atoms with Gasteiger partial charge in [-0.05, 0) is 24.5 Å². The Morgan fingerprint density at radius 2 is 2.00 bits per heavy atom. The molecule has 5 heteroatoms. The molecule has 0 aliphatic carbocycles. The number of amides is 1. The fourth-order valence-corrected chi connectivity index (χ4v) is 3.80. The fourth-order valence-electron chi connectivity index (χ4n) is 3.80. The predicted molar refractivity (Wildman–Crippen MR) is 83.5 cm³/mol. The second-order valence-electron chi connectivity index (χ2n) is 6.18. The lowest BCUT2D eigenvalue weighted by molar-refractivity contribution is -0.121. The highest BCUT2D eigenvalue weighted by molar-refractivity contribution is 5.98. The van der Waals surface area contributed by atoms with E-state index in [9.17, 15) is 9.90 Å². The summed E-state index contributed by atoms with van der Waals surface area (Å²) in [5, 5.41) is 18.1. The van der Waals surface area contributed by atoms with Crippen molar-refractivity contribution in [1.82, 2.24) is 4.90 Å². The number of aliphatic hydroxyl groups is 1. The number of fused-ring (bicyclic) bond motifs is 2. The van der Waals surface area contributed by atoms with Crippen LogP contribution in [0.5, 0.6) is 0 Å². The van der Waals surface area contributed by atoms with Gasteiger partial charge in [0.05, 0.1) is 19.2 Å². The maximum absolute atomic E-state index is 12.6. The van der Waals surface area contributed by atoms with Gasteiger partial charge in [0.1, 0.15) is 0 Å². The van der Waals surface area contributed by atoms with Gasteiger partial charge in [-0.15, -0.1) is 0 Å². The van der Waals surface area contributed by atoms with Crippen LogP contribution in [0, 0.1) is 11.3 Å². The molecule has 1 aromatic rings. The quantitative estimate of drug-likeness (QED) is 0.854. The van der Waals surface area contributed by atoms with Crippen molar-refractivity contribution in [3.8, 4) is 6.07 Å². The summed E-state index contributed by atoms with van der Waals surface area (Å²) in [5.74, 6) is 0.0986. The summed E-state index contributed by atoms with van der Waals surface area (Å²) < 4.78 is 0. The van der Waals surface area contributed by atoms with Crippen molar-refractivity contribution in [2.24, 2.45) is 0 Å². The third-order valence-electron chi connectivity index (χ3n) is 4.99. The molecule has 2 heterocycles. The minimum absolute atomic E-state index is 0.0248. The lowest BCUT2D eigenvalue weighted by Gasteiger charge is -2.47. The van der Waals surface area contributed by atoms with E-state index in [4.69, 9.17) is 5.26 Å². The number of nitriles is 1. The van der Waals surface area contributed by atoms with E-state index in [0.29, 0.717) is 19.5 Å². The van der Waals surface area contributed by atoms with Crippen LogP contribution in [0.15, 0.2) is 24.3 Å². The second-order valence-corrected chi connectivity index (χ2v) is 6.18. The molecule has 5 nitrogen and oxygen atoms in total. The number of carbonyl (C=O) groups excluding carboxylic acids is 1. The first-order valence-corrected chi connectivity index (χ1v) is 7.80. The molecule has 2 aliphatic heterocycles. The van der Waals surface area contributed by atoms with Gasteiger partial charge in [0, 0.05) is 37.2 Å². The number of likely N-dealkylation sites (tertiary alicyclic amines) is 1. The van der Waals surface area contributed by atoms with Gasteiger partial charge in [0.2, 0.25) is 5.91 Å². The number of aliphatic hydroxyl groups excluding tert-OH is 1. The number of hydrogen-bond acceptors (Lipinski definition) is 4. The van der Waals surface area contributed by atoms with E-state index < -0.39 is 0 Å². The van der Waals surface area contributed by atoms with Crippen LogP contribution < -0.4 is 4.90 Å². The van der Waals surface area contributed by atoms with Crippen molar-refractivity contribution in [2.75, 3.05) is 37.7 Å². The van der Waals surface area contributed by atoms with Crippen LogP contribution in [0.25, 0.3) is 0 Å². The Bertz CT molecular complexity index is 600. The SMILES string of the molecule is N#CCN1CCC2(CC1)CC(=O)N(CCO)c1ccccc12. The number of anilines is 1. The molecule has 0 saturated carbocycles. The number of piperidine rings is 1. The molecule has 0 radical (unpaired) electrons. The number of rotatable bonds is 3. The molecular weight excluding hydrogens is 278 g/mol. The molecule has 116 valence electrons. The Balaban J connectivity index is 1.92. The summed E-state index contributed by atoms with van der Waals surface area (Å²) in [6.45, 7) is 2.50. The molecule has 0 aromatic heterocycles. The van der Waals surface area contributed by atoms with Gasteiger partial charge in [0.25, 0.3) is 0 Å². The largest absolute Gasteiger partial charge is 0.395 e. The highest BCUT2D eigenvalue weighted by atomic mass is 16.3. The molecule has 0 unspecified atom stereocenters. The number of hydrogen-bond donors (Lipinski definition) is 1. The van der Waals surface area contributed by atoms with Crippen LogP contribution in [0.3, 0.4) is 0 Å². The molecule has 3 rings (SSSR count). The summed E-state index contributed by atoms with van der Waals surface area (Å²) >= 11 is 0. The molecule has 2 aliphatic rings. The Hall–Kier alpha value is -1.90. The highest BCUT2D eigenvalue weighted by Gasteiger charge is 2.44. The number of carbonyl (C=O) groups is 1. The zero-order valence-corrected chi connectivity index (χ0v) is 12.7. The van der Waals surface area contributed by atoms with Gasteiger partial charge in [-0.25, -0.2) is 0 Å². The van der Waals surface area contributed by atoms with Gasteiger partial charge in [-0.1, -0.05) is 18.2 Å². The number of para-hydroxylation sites is 1. The van der Waals surface area contributed by atoms with E-state index in [-0.39, 0.29) is 17.9 Å². The lowest BCUT2D eigenvalue weighted by Crippen LogP contribution is -2.50. The zero-order valence-electron chi connectivity index (χ0n) is 12.7. The standard InChI is InChI=1S/C17H21N3O2/c18-7-10-19-8-5-17(6-9-19)13-16(22)20(11-12-21)15-4-2-1-3-14(15)17/h1-4,21H,5-6,8-13H2. The summed E-state index contributed by atoms with van der Waals surface area (Å²) in [5.41, 5.74) is 2.06. The molecule has 1 fully saturated rings. The monoisotopic (exact) mass is 299 g/mol. The normalized spacial score (nSPS) is 20.7. The Morgan fingerprint density at radius 1 is 1.27 bits per heavy atom. The zero-order chi connectivity index (χ0) is 15.6. The van der Waals surface area contributed by atoms with E-state index in [1.54, 1.807) is 4.90 Å². The van der Waals surface area contributed by atoms with E-state index in [2.05, 4.69) is 17.0 Å². The van der Waals surface area contributed by atoms with E-state index >= 15 is 0 Å². The average Bonchev–Trinajstić information content (AvgIpc) is 2.54. The first kappa shape index (κ1) is 15.0. The van der Waals surface area contributed by atoms with Gasteiger partial charge < -0.3 is 10.0 Å². The fraction of sp³-hybridized carbons (Fsp3) is 0.529. The second kappa shape index (κ2) is 6.07. The van der Waals surface area contributed by atoms with Crippen molar-refractivity contribution in [1.29, 1.82) is 5.26 Å². The average molecular weight is 299 g/mol. The Kier molecular flexibility index (Phi) is 4.14. The smallest absolute Gasteiger partial charge is 0.227 e. The summed E-state index contributed by atoms with van der Waals surface area (Å²) in [4.78, 5) is 16.4. The number of β-amino-alcohol motifs (C(OH)–C–C–N with tert-alkyl or cyclic N) is 1. The molecule has 22 heavy (non-hydrogen) atoms. The molecular formula is C17H21N3O2. The van der Waals surface area contributed by atoms with Crippen molar-refractivity contribution >= 4 is 11.6 Å². The van der Waals surface area contributed by atoms with E-state index in [1.807, 2.05) is 18.2 Å². The minimum atomic E-state index is -0.106. The molecule has 0 atom stereocenters. The lowest BCUT2D eigenvalue weighted by atomic mass is 9.67. The van der Waals surface area contributed by atoms with E-state index in [1.165, 1.54) is 5.56 Å². The Labute approximate surface area is 130 Å². The molecule has 1 saturated heterocycles. The molecule has 1 spiro atoms. The van der Waals surface area contributed by atoms with Crippen LogP contribution in [0.1, 0.15) is 24.8 Å². The summed E-state index contributed by atoms with van der Waals surface area (Å²) in [6.07, 6.45) is 2.32. The van der Waals surface area contributed by atoms with Gasteiger partial charge in [-0.2, -0.15) is 5.26 Å². The third kappa shape index (κ3) is 2.49. The Morgan fingerprint density at radius 3 is 2.68 bits per heavy atom. The van der Waals surface area contributed by atoms with Crippen LogP contribution in [0.2, 0.25) is 0 Å². The number of benzene rings is 1. The maximum Gasteiger partial charge on any atom is 0.227 e. The molecule has 0 bridgehead atoms. The minimum Gasteiger partial charge on any atom is -0.395 e. The highest BCUT2D eigenvalue weighted by Crippen LogP contribution is 2.46. The summed E-state index contributed by atoms with van der Waals surface area (Å²) in [6, 6.07) is 10.3. The molecule has 1 N–H and O–H groups in total. The van der Waals surface area contributed by atoms with Crippen LogP contribution in [0.4, 0.5) is 5.69 Å².